The Balaban J connectivity index is 1.93. The van der Waals surface area contributed by atoms with Crippen molar-refractivity contribution in [2.75, 3.05) is 26.7 Å². The van der Waals surface area contributed by atoms with Crippen molar-refractivity contribution in [3.8, 4) is 5.75 Å². The average Bonchev–Trinajstić information content (AvgIpc) is 2.47. The average molecular weight is 277 g/mol. The number of carbonyl (C=O) groups is 1. The zero-order chi connectivity index (χ0) is 14.5. The molecule has 1 fully saturated rings. The van der Waals surface area contributed by atoms with Gasteiger partial charge in [-0.25, -0.2) is 0 Å². The summed E-state index contributed by atoms with van der Waals surface area (Å²) in [5, 5.41) is 9.59. The largest absolute Gasteiger partial charge is 0.496 e. The normalized spacial score (nSPS) is 18.8. The van der Waals surface area contributed by atoms with Gasteiger partial charge >= 0.3 is 0 Å². The van der Waals surface area contributed by atoms with E-state index >= 15 is 0 Å². The highest BCUT2D eigenvalue weighted by molar-refractivity contribution is 6.00. The minimum atomic E-state index is -0.248. The van der Waals surface area contributed by atoms with Crippen molar-refractivity contribution in [3.05, 3.63) is 29.8 Å². The van der Waals surface area contributed by atoms with Gasteiger partial charge in [0.05, 0.1) is 25.3 Å². The van der Waals surface area contributed by atoms with Crippen molar-refractivity contribution >= 4 is 5.78 Å². The third-order valence-electron chi connectivity index (χ3n) is 4.09. The number of hydrogen-bond acceptors (Lipinski definition) is 4. The van der Waals surface area contributed by atoms with Gasteiger partial charge < -0.3 is 9.84 Å². The molecule has 1 aromatic carbocycles. The molecule has 0 bridgehead atoms. The zero-order valence-electron chi connectivity index (χ0n) is 12.2. The summed E-state index contributed by atoms with van der Waals surface area (Å²) in [6.45, 7) is 4.01. The van der Waals surface area contributed by atoms with E-state index in [1.807, 2.05) is 31.2 Å². The van der Waals surface area contributed by atoms with Crippen LogP contribution in [0.25, 0.3) is 0 Å². The molecule has 1 aromatic rings. The first kappa shape index (κ1) is 15.0. The van der Waals surface area contributed by atoms with Crippen molar-refractivity contribution in [1.29, 1.82) is 0 Å². The number of rotatable bonds is 5. The van der Waals surface area contributed by atoms with Gasteiger partial charge in [0.1, 0.15) is 5.75 Å². The van der Waals surface area contributed by atoms with Gasteiger partial charge in [0.25, 0.3) is 0 Å². The summed E-state index contributed by atoms with van der Waals surface area (Å²) in [6, 6.07) is 7.34. The monoisotopic (exact) mass is 277 g/mol. The summed E-state index contributed by atoms with van der Waals surface area (Å²) in [7, 11) is 1.58. The number of likely N-dealkylation sites (tertiary alicyclic amines) is 1. The number of Topliss-reactive ketones (excluding diaryl/α,β-unsaturated/α-hetero) is 1. The molecule has 1 N–H and O–H groups in total. The summed E-state index contributed by atoms with van der Waals surface area (Å²) in [5.74, 6) is 1.10. The number of aliphatic hydroxyl groups is 1. The Morgan fingerprint density at radius 3 is 2.65 bits per heavy atom. The minimum Gasteiger partial charge on any atom is -0.496 e. The quantitative estimate of drug-likeness (QED) is 0.836. The molecular formula is C16H23NO3. The molecule has 0 radical (unpaired) electrons. The maximum absolute atomic E-state index is 12.3. The van der Waals surface area contributed by atoms with Crippen molar-refractivity contribution in [3.63, 3.8) is 0 Å². The van der Waals surface area contributed by atoms with Crippen molar-refractivity contribution in [2.24, 2.45) is 5.92 Å². The first-order chi connectivity index (χ1) is 9.61. The lowest BCUT2D eigenvalue weighted by atomic mass is 9.92. The standard InChI is InChI=1S/C16H23NO3/c1-12(18)13-7-9-17(10-8-13)11-15(19)14-5-3-4-6-16(14)20-2/h3-6,12-13,18H,7-11H2,1-2H3. The molecule has 1 aliphatic heterocycles. The lowest BCUT2D eigenvalue weighted by Crippen LogP contribution is -2.39. The molecule has 0 spiro atoms. The zero-order valence-corrected chi connectivity index (χ0v) is 12.2. The van der Waals surface area contributed by atoms with E-state index in [2.05, 4.69) is 4.90 Å². The number of carbonyl (C=O) groups excluding carboxylic acids is 1. The van der Waals surface area contributed by atoms with Gasteiger partial charge in [-0.3, -0.25) is 9.69 Å². The van der Waals surface area contributed by atoms with Crippen molar-refractivity contribution < 1.29 is 14.6 Å². The Morgan fingerprint density at radius 1 is 1.40 bits per heavy atom. The molecule has 110 valence electrons. The number of benzene rings is 1. The predicted octanol–water partition coefficient (Wildman–Crippen LogP) is 1.97. The topological polar surface area (TPSA) is 49.8 Å². The molecule has 0 aliphatic carbocycles. The summed E-state index contributed by atoms with van der Waals surface area (Å²) in [5.41, 5.74) is 0.646. The highest BCUT2D eigenvalue weighted by Crippen LogP contribution is 2.22. The van der Waals surface area contributed by atoms with E-state index in [0.29, 0.717) is 23.8 Å². The second kappa shape index (κ2) is 6.86. The summed E-state index contributed by atoms with van der Waals surface area (Å²) >= 11 is 0. The van der Waals surface area contributed by atoms with E-state index in [1.165, 1.54) is 0 Å². The van der Waals surface area contributed by atoms with Crippen LogP contribution in [0.5, 0.6) is 5.75 Å². The van der Waals surface area contributed by atoms with Crippen LogP contribution in [-0.2, 0) is 0 Å². The molecule has 0 amide bonds. The van der Waals surface area contributed by atoms with Crippen LogP contribution in [0.1, 0.15) is 30.1 Å². The van der Waals surface area contributed by atoms with E-state index in [9.17, 15) is 9.90 Å². The fourth-order valence-electron chi connectivity index (χ4n) is 2.76. The molecule has 2 rings (SSSR count). The molecule has 1 atom stereocenters. The number of methoxy groups -OCH3 is 1. The Hall–Kier alpha value is -1.39. The maximum atomic E-state index is 12.3. The number of nitrogens with zero attached hydrogens (tertiary/aromatic N) is 1. The fraction of sp³-hybridized carbons (Fsp3) is 0.562. The summed E-state index contributed by atoms with van der Waals surface area (Å²) in [4.78, 5) is 14.5. The van der Waals surface area contributed by atoms with Crippen LogP contribution in [0.4, 0.5) is 0 Å². The van der Waals surface area contributed by atoms with Crippen LogP contribution in [0.2, 0.25) is 0 Å². The molecular weight excluding hydrogens is 254 g/mol. The first-order valence-electron chi connectivity index (χ1n) is 7.18. The van der Waals surface area contributed by atoms with Gasteiger partial charge in [0.15, 0.2) is 5.78 Å². The third kappa shape index (κ3) is 3.58. The van der Waals surface area contributed by atoms with Crippen LogP contribution in [0, 0.1) is 5.92 Å². The van der Waals surface area contributed by atoms with Crippen molar-refractivity contribution in [2.45, 2.75) is 25.9 Å². The van der Waals surface area contributed by atoms with Gasteiger partial charge in [-0.15, -0.1) is 0 Å². The molecule has 1 aliphatic rings. The van der Waals surface area contributed by atoms with Crippen molar-refractivity contribution in [1.82, 2.24) is 4.90 Å². The number of para-hydroxylation sites is 1. The second-order valence-corrected chi connectivity index (χ2v) is 5.48. The number of ether oxygens (including phenoxy) is 1. The van der Waals surface area contributed by atoms with Gasteiger partial charge in [-0.05, 0) is 50.9 Å². The van der Waals surface area contributed by atoms with Crippen LogP contribution >= 0.6 is 0 Å². The van der Waals surface area contributed by atoms with Crippen LogP contribution in [0.3, 0.4) is 0 Å². The van der Waals surface area contributed by atoms with Gasteiger partial charge in [0.2, 0.25) is 0 Å². The Labute approximate surface area is 120 Å². The molecule has 1 saturated heterocycles. The van der Waals surface area contributed by atoms with Crippen LogP contribution < -0.4 is 4.74 Å². The molecule has 4 nitrogen and oxygen atoms in total. The van der Waals surface area contributed by atoms with E-state index in [4.69, 9.17) is 4.74 Å². The van der Waals surface area contributed by atoms with Gasteiger partial charge in [0, 0.05) is 0 Å². The molecule has 0 saturated carbocycles. The highest BCUT2D eigenvalue weighted by Gasteiger charge is 2.24. The minimum absolute atomic E-state index is 0.0953. The molecule has 4 heteroatoms. The van der Waals surface area contributed by atoms with Gasteiger partial charge in [-0.1, -0.05) is 12.1 Å². The van der Waals surface area contributed by atoms with Crippen LogP contribution in [-0.4, -0.2) is 48.6 Å². The van der Waals surface area contributed by atoms with Crippen LogP contribution in [0.15, 0.2) is 24.3 Å². The number of aliphatic hydroxyl groups excluding tert-OH is 1. The van der Waals surface area contributed by atoms with E-state index in [0.717, 1.165) is 25.9 Å². The SMILES string of the molecule is COc1ccccc1C(=O)CN1CCC(C(C)O)CC1. The number of ketones is 1. The lowest BCUT2D eigenvalue weighted by Gasteiger charge is -2.32. The molecule has 0 aromatic heterocycles. The lowest BCUT2D eigenvalue weighted by molar-refractivity contribution is 0.0663. The van der Waals surface area contributed by atoms with E-state index < -0.39 is 0 Å². The Bertz CT molecular complexity index is 451. The fourth-order valence-corrected chi connectivity index (χ4v) is 2.76. The maximum Gasteiger partial charge on any atom is 0.180 e. The first-order valence-corrected chi connectivity index (χ1v) is 7.18. The highest BCUT2D eigenvalue weighted by atomic mass is 16.5. The Kier molecular flexibility index (Phi) is 5.15. The Morgan fingerprint density at radius 2 is 2.05 bits per heavy atom. The summed E-state index contributed by atoms with van der Waals surface area (Å²) in [6.07, 6.45) is 1.66. The third-order valence-corrected chi connectivity index (χ3v) is 4.09. The predicted molar refractivity (Wildman–Crippen MR) is 78.2 cm³/mol. The molecule has 1 heterocycles. The second-order valence-electron chi connectivity index (χ2n) is 5.48. The number of piperidine rings is 1. The smallest absolute Gasteiger partial charge is 0.180 e. The number of hydrogen-bond donors (Lipinski definition) is 1. The molecule has 20 heavy (non-hydrogen) atoms. The van der Waals surface area contributed by atoms with E-state index in [-0.39, 0.29) is 11.9 Å². The molecule has 1 unspecified atom stereocenters. The van der Waals surface area contributed by atoms with E-state index in [1.54, 1.807) is 7.11 Å². The van der Waals surface area contributed by atoms with Gasteiger partial charge in [-0.2, -0.15) is 0 Å². The summed E-state index contributed by atoms with van der Waals surface area (Å²) < 4.78 is 5.23.